The molecule has 22 heavy (non-hydrogen) atoms. The molecule has 1 fully saturated rings. The number of nitrogens with zero attached hydrogens (tertiary/aromatic N) is 3. The van der Waals surface area contributed by atoms with Gasteiger partial charge in [-0.25, -0.2) is 4.98 Å². The third kappa shape index (κ3) is 2.09. The quantitative estimate of drug-likeness (QED) is 0.694. The van der Waals surface area contributed by atoms with E-state index in [4.69, 9.17) is 0 Å². The molecule has 0 radical (unpaired) electrons. The van der Waals surface area contributed by atoms with Crippen LogP contribution in [0.3, 0.4) is 0 Å². The van der Waals surface area contributed by atoms with E-state index in [2.05, 4.69) is 74.6 Å². The third-order valence-electron chi connectivity index (χ3n) is 4.46. The first-order valence-electron chi connectivity index (χ1n) is 7.57. The van der Waals surface area contributed by atoms with Crippen LogP contribution in [0.5, 0.6) is 0 Å². The molecule has 2 heterocycles. The predicted octanol–water partition coefficient (Wildman–Crippen LogP) is 2.51. The summed E-state index contributed by atoms with van der Waals surface area (Å²) in [6.07, 6.45) is 2.89. The van der Waals surface area contributed by atoms with E-state index in [0.717, 1.165) is 11.7 Å². The van der Waals surface area contributed by atoms with Gasteiger partial charge in [0.2, 0.25) is 8.24 Å². The van der Waals surface area contributed by atoms with E-state index in [0.29, 0.717) is 0 Å². The molecule has 5 heteroatoms. The first kappa shape index (κ1) is 13.7. The fraction of sp³-hybridized carbons (Fsp3) is 0.176. The van der Waals surface area contributed by atoms with Crippen molar-refractivity contribution in [3.8, 4) is 0 Å². The molecule has 1 aliphatic rings. The van der Waals surface area contributed by atoms with Gasteiger partial charge in [-0.05, 0) is 22.8 Å². The maximum absolute atomic E-state index is 4.51. The molecule has 0 spiro atoms. The summed E-state index contributed by atoms with van der Waals surface area (Å²) < 4.78 is 6.80. The van der Waals surface area contributed by atoms with Gasteiger partial charge < -0.3 is 4.57 Å². The van der Waals surface area contributed by atoms with Crippen molar-refractivity contribution in [1.82, 2.24) is 9.36 Å². The van der Waals surface area contributed by atoms with Gasteiger partial charge in [0.05, 0.1) is 0 Å². The Hall–Kier alpha value is -1.98. The largest absolute Gasteiger partial charge is 0.365 e. The molecule has 0 atom stereocenters. The van der Waals surface area contributed by atoms with Crippen LogP contribution in [0.1, 0.15) is 6.42 Å². The van der Waals surface area contributed by atoms with E-state index in [-0.39, 0.29) is 0 Å². The standard InChI is InChI=1S/C17H17N3SSi/c1-3-8-15(9-4-1)22(16-10-5-2-6-11-16)13-7-12-20(22)17-18-14-19-21-17/h1-6,8-11,14H,7,12-13H2. The molecular weight excluding hydrogens is 306 g/mol. The van der Waals surface area contributed by atoms with Crippen molar-refractivity contribution < 1.29 is 0 Å². The summed E-state index contributed by atoms with van der Waals surface area (Å²) in [5, 5.41) is 4.00. The molecule has 110 valence electrons. The lowest BCUT2D eigenvalue weighted by molar-refractivity contribution is 0.976. The van der Waals surface area contributed by atoms with Crippen LogP contribution in [-0.4, -0.2) is 24.1 Å². The van der Waals surface area contributed by atoms with Crippen LogP contribution < -0.4 is 14.9 Å². The maximum atomic E-state index is 4.51. The lowest BCUT2D eigenvalue weighted by Gasteiger charge is -2.37. The molecule has 0 aliphatic carbocycles. The number of hydrogen-bond acceptors (Lipinski definition) is 4. The molecular formula is C17H17N3SSi. The van der Waals surface area contributed by atoms with Crippen LogP contribution in [-0.2, 0) is 0 Å². The fourth-order valence-electron chi connectivity index (χ4n) is 3.56. The Morgan fingerprint density at radius 2 is 1.55 bits per heavy atom. The summed E-state index contributed by atoms with van der Waals surface area (Å²) in [7, 11) is -1.98. The van der Waals surface area contributed by atoms with Crippen molar-refractivity contribution >= 4 is 35.3 Å². The SMILES string of the molecule is c1ccc([Si]2(c3ccccc3)CCCN2c2ncns2)cc1. The summed E-state index contributed by atoms with van der Waals surface area (Å²) >= 11 is 1.51. The van der Waals surface area contributed by atoms with Crippen LogP contribution in [0.25, 0.3) is 0 Å². The number of rotatable bonds is 3. The average molecular weight is 323 g/mol. The summed E-state index contributed by atoms with van der Waals surface area (Å²) in [5.74, 6) is 0. The van der Waals surface area contributed by atoms with Gasteiger partial charge in [-0.15, -0.1) is 0 Å². The second-order valence-electron chi connectivity index (χ2n) is 5.57. The van der Waals surface area contributed by atoms with Crippen molar-refractivity contribution in [2.24, 2.45) is 0 Å². The minimum atomic E-state index is -1.98. The van der Waals surface area contributed by atoms with Crippen molar-refractivity contribution in [2.45, 2.75) is 12.5 Å². The van der Waals surface area contributed by atoms with E-state index >= 15 is 0 Å². The maximum Gasteiger partial charge on any atom is 0.222 e. The van der Waals surface area contributed by atoms with Crippen molar-refractivity contribution in [1.29, 1.82) is 0 Å². The van der Waals surface area contributed by atoms with Gasteiger partial charge in [-0.2, -0.15) is 4.37 Å². The lowest BCUT2D eigenvalue weighted by atomic mass is 10.4. The van der Waals surface area contributed by atoms with Crippen LogP contribution in [0, 0.1) is 0 Å². The minimum Gasteiger partial charge on any atom is -0.365 e. The van der Waals surface area contributed by atoms with E-state index in [1.165, 1.54) is 34.4 Å². The Bertz CT molecular complexity index is 692. The molecule has 2 aromatic carbocycles. The van der Waals surface area contributed by atoms with Gasteiger partial charge in [0.25, 0.3) is 0 Å². The zero-order valence-electron chi connectivity index (χ0n) is 12.2. The number of aromatic nitrogens is 2. The van der Waals surface area contributed by atoms with Crippen LogP contribution in [0.2, 0.25) is 6.04 Å². The van der Waals surface area contributed by atoms with Crippen molar-refractivity contribution in [2.75, 3.05) is 11.1 Å². The Morgan fingerprint density at radius 3 is 2.09 bits per heavy atom. The Kier molecular flexibility index (Phi) is 3.52. The number of anilines is 1. The van der Waals surface area contributed by atoms with Gasteiger partial charge in [-0.1, -0.05) is 60.7 Å². The molecule has 0 unspecified atom stereocenters. The second kappa shape index (κ2) is 5.66. The average Bonchev–Trinajstić information content (AvgIpc) is 3.26. The van der Waals surface area contributed by atoms with Gasteiger partial charge in [-0.3, -0.25) is 0 Å². The second-order valence-corrected chi connectivity index (χ2v) is 10.2. The molecule has 0 bridgehead atoms. The van der Waals surface area contributed by atoms with Crippen LogP contribution in [0.15, 0.2) is 67.0 Å². The van der Waals surface area contributed by atoms with E-state index in [1.54, 1.807) is 6.33 Å². The fourth-order valence-corrected chi connectivity index (χ4v) is 9.51. The monoisotopic (exact) mass is 323 g/mol. The molecule has 3 aromatic rings. The highest BCUT2D eigenvalue weighted by molar-refractivity contribution is 7.13. The number of benzene rings is 2. The molecule has 1 aliphatic heterocycles. The summed E-state index contributed by atoms with van der Waals surface area (Å²) in [5.41, 5.74) is 0. The van der Waals surface area contributed by atoms with Gasteiger partial charge in [0, 0.05) is 18.1 Å². The summed E-state index contributed by atoms with van der Waals surface area (Å²) in [4.78, 5) is 4.51. The van der Waals surface area contributed by atoms with E-state index in [1.807, 2.05) is 0 Å². The lowest BCUT2D eigenvalue weighted by Crippen LogP contribution is -2.67. The van der Waals surface area contributed by atoms with Crippen molar-refractivity contribution in [3.05, 3.63) is 67.0 Å². The van der Waals surface area contributed by atoms with Crippen LogP contribution in [0.4, 0.5) is 5.13 Å². The van der Waals surface area contributed by atoms with Gasteiger partial charge in [0.15, 0.2) is 5.13 Å². The predicted molar refractivity (Wildman–Crippen MR) is 94.6 cm³/mol. The highest BCUT2D eigenvalue weighted by Crippen LogP contribution is 2.31. The zero-order chi connectivity index (χ0) is 14.8. The highest BCUT2D eigenvalue weighted by atomic mass is 32.1. The molecule has 1 saturated heterocycles. The molecule has 3 nitrogen and oxygen atoms in total. The molecule has 0 amide bonds. The highest BCUT2D eigenvalue weighted by Gasteiger charge is 2.48. The van der Waals surface area contributed by atoms with Crippen molar-refractivity contribution in [3.63, 3.8) is 0 Å². The minimum absolute atomic E-state index is 1.07. The Morgan fingerprint density at radius 1 is 0.909 bits per heavy atom. The van der Waals surface area contributed by atoms with E-state index < -0.39 is 8.24 Å². The first-order valence-corrected chi connectivity index (χ1v) is 10.5. The first-order chi connectivity index (χ1) is 10.9. The number of hydrogen-bond donors (Lipinski definition) is 0. The molecule has 0 N–H and O–H groups in total. The van der Waals surface area contributed by atoms with E-state index in [9.17, 15) is 0 Å². The van der Waals surface area contributed by atoms with Gasteiger partial charge in [0.1, 0.15) is 6.33 Å². The topological polar surface area (TPSA) is 29.0 Å². The normalized spacial score (nSPS) is 16.8. The smallest absolute Gasteiger partial charge is 0.222 e. The zero-order valence-corrected chi connectivity index (χ0v) is 14.0. The molecule has 0 saturated carbocycles. The third-order valence-corrected chi connectivity index (χ3v) is 10.3. The molecule has 1 aromatic heterocycles. The summed E-state index contributed by atoms with van der Waals surface area (Å²) in [6.45, 7) is 1.07. The van der Waals surface area contributed by atoms with Gasteiger partial charge >= 0.3 is 0 Å². The Balaban J connectivity index is 1.93. The Labute approximate surface area is 135 Å². The molecule has 4 rings (SSSR count). The summed E-state index contributed by atoms with van der Waals surface area (Å²) in [6, 6.07) is 23.2. The van der Waals surface area contributed by atoms with Crippen LogP contribution >= 0.6 is 11.5 Å².